The van der Waals surface area contributed by atoms with E-state index in [0.29, 0.717) is 25.1 Å². The molecule has 3 atom stereocenters. The van der Waals surface area contributed by atoms with Gasteiger partial charge in [-0.25, -0.2) is 4.79 Å². The molecule has 0 aromatic heterocycles. The molecule has 35 heavy (non-hydrogen) atoms. The molecule has 2 aliphatic rings. The lowest BCUT2D eigenvalue weighted by Crippen LogP contribution is -2.52. The SMILES string of the molecule is CCCC(CC)N=CC(CNC)NC(=O)NCc1ccc2c(c1)C(=O)N(C1CCC(=O)NC1=O)C2. The molecule has 0 bridgehead atoms. The summed E-state index contributed by atoms with van der Waals surface area (Å²) in [6, 6.07) is 4.52. The number of amides is 5. The number of hydrogen-bond donors (Lipinski definition) is 4. The average Bonchev–Trinajstić information content (AvgIpc) is 3.16. The van der Waals surface area contributed by atoms with Crippen LogP contribution in [-0.2, 0) is 22.7 Å². The molecule has 10 heteroatoms. The van der Waals surface area contributed by atoms with Gasteiger partial charge in [0.15, 0.2) is 0 Å². The molecule has 3 unspecified atom stereocenters. The lowest BCUT2D eigenvalue weighted by atomic mass is 10.0. The summed E-state index contributed by atoms with van der Waals surface area (Å²) in [5.41, 5.74) is 2.14. The summed E-state index contributed by atoms with van der Waals surface area (Å²) < 4.78 is 0. The summed E-state index contributed by atoms with van der Waals surface area (Å²) in [6.45, 7) is 5.38. The molecule has 0 radical (unpaired) electrons. The first-order chi connectivity index (χ1) is 16.9. The van der Waals surface area contributed by atoms with E-state index in [4.69, 9.17) is 0 Å². The van der Waals surface area contributed by atoms with Gasteiger partial charge in [0.1, 0.15) is 6.04 Å². The molecule has 4 N–H and O–H groups in total. The number of piperidine rings is 1. The summed E-state index contributed by atoms with van der Waals surface area (Å²) in [7, 11) is 1.82. The molecule has 1 saturated heterocycles. The van der Waals surface area contributed by atoms with E-state index in [1.807, 2.05) is 19.2 Å². The minimum absolute atomic E-state index is 0.220. The number of benzene rings is 1. The van der Waals surface area contributed by atoms with Crippen molar-refractivity contribution in [3.05, 3.63) is 34.9 Å². The number of aliphatic imine (C=N–C) groups is 1. The number of rotatable bonds is 11. The molecule has 2 heterocycles. The van der Waals surface area contributed by atoms with Gasteiger partial charge in [-0.1, -0.05) is 32.4 Å². The molecule has 1 fully saturated rings. The molecule has 1 aromatic carbocycles. The van der Waals surface area contributed by atoms with Crippen LogP contribution in [0, 0.1) is 0 Å². The molecular weight excluding hydrogens is 448 g/mol. The number of urea groups is 1. The number of carbonyl (C=O) groups is 4. The third-order valence-corrected chi connectivity index (χ3v) is 6.36. The fourth-order valence-corrected chi connectivity index (χ4v) is 4.42. The van der Waals surface area contributed by atoms with Crippen molar-refractivity contribution in [3.8, 4) is 0 Å². The Bertz CT molecular complexity index is 979. The van der Waals surface area contributed by atoms with Crippen LogP contribution >= 0.6 is 0 Å². The molecule has 3 rings (SSSR count). The van der Waals surface area contributed by atoms with Crippen molar-refractivity contribution in [1.29, 1.82) is 0 Å². The van der Waals surface area contributed by atoms with Crippen molar-refractivity contribution in [2.24, 2.45) is 4.99 Å². The fraction of sp³-hybridized carbons (Fsp3) is 0.560. The predicted molar refractivity (Wildman–Crippen MR) is 133 cm³/mol. The molecule has 0 saturated carbocycles. The Labute approximate surface area is 206 Å². The van der Waals surface area contributed by atoms with Crippen LogP contribution in [0.4, 0.5) is 4.79 Å². The Morgan fingerprint density at radius 3 is 2.77 bits per heavy atom. The smallest absolute Gasteiger partial charge is 0.315 e. The number of nitrogens with one attached hydrogen (secondary N) is 4. The van der Waals surface area contributed by atoms with Crippen LogP contribution < -0.4 is 21.3 Å². The second kappa shape index (κ2) is 12.4. The third kappa shape index (κ3) is 6.88. The largest absolute Gasteiger partial charge is 0.334 e. The van der Waals surface area contributed by atoms with Crippen molar-refractivity contribution >= 4 is 30.0 Å². The van der Waals surface area contributed by atoms with Gasteiger partial charge in [-0.05, 0) is 43.5 Å². The van der Waals surface area contributed by atoms with Crippen molar-refractivity contribution in [3.63, 3.8) is 0 Å². The van der Waals surface area contributed by atoms with Gasteiger partial charge in [0.05, 0.1) is 6.04 Å². The minimum atomic E-state index is -0.643. The van der Waals surface area contributed by atoms with E-state index in [2.05, 4.69) is 40.1 Å². The first-order valence-electron chi connectivity index (χ1n) is 12.3. The number of hydrogen-bond acceptors (Lipinski definition) is 6. The first-order valence-corrected chi connectivity index (χ1v) is 12.3. The van der Waals surface area contributed by atoms with E-state index in [9.17, 15) is 19.2 Å². The van der Waals surface area contributed by atoms with Gasteiger partial charge in [0.25, 0.3) is 5.91 Å². The molecule has 2 aliphatic heterocycles. The van der Waals surface area contributed by atoms with Crippen LogP contribution in [0.15, 0.2) is 23.2 Å². The fourth-order valence-electron chi connectivity index (χ4n) is 4.42. The van der Waals surface area contributed by atoms with Gasteiger partial charge in [0, 0.05) is 43.9 Å². The Morgan fingerprint density at radius 2 is 2.09 bits per heavy atom. The van der Waals surface area contributed by atoms with E-state index in [-0.39, 0.29) is 42.9 Å². The highest BCUT2D eigenvalue weighted by atomic mass is 16.2. The number of imide groups is 1. The number of likely N-dealkylation sites (N-methyl/N-ethyl adjacent to an activating group) is 1. The summed E-state index contributed by atoms with van der Waals surface area (Å²) in [5.74, 6) is -0.972. The second-order valence-corrected chi connectivity index (χ2v) is 9.03. The molecule has 1 aromatic rings. The highest BCUT2D eigenvalue weighted by Gasteiger charge is 2.39. The van der Waals surface area contributed by atoms with Crippen molar-refractivity contribution in [1.82, 2.24) is 26.2 Å². The molecule has 0 spiro atoms. The molecule has 0 aliphatic carbocycles. The zero-order valence-corrected chi connectivity index (χ0v) is 20.7. The van der Waals surface area contributed by atoms with Gasteiger partial charge < -0.3 is 20.9 Å². The topological polar surface area (TPSA) is 132 Å². The van der Waals surface area contributed by atoms with Crippen LogP contribution in [0.25, 0.3) is 0 Å². The predicted octanol–water partition coefficient (Wildman–Crippen LogP) is 1.48. The van der Waals surface area contributed by atoms with Gasteiger partial charge in [-0.15, -0.1) is 0 Å². The Kier molecular flexibility index (Phi) is 9.36. The maximum atomic E-state index is 13.0. The van der Waals surface area contributed by atoms with E-state index < -0.39 is 11.9 Å². The van der Waals surface area contributed by atoms with Gasteiger partial charge in [-0.2, -0.15) is 0 Å². The average molecular weight is 485 g/mol. The number of fused-ring (bicyclic) bond motifs is 1. The Morgan fingerprint density at radius 1 is 1.29 bits per heavy atom. The monoisotopic (exact) mass is 484 g/mol. The summed E-state index contributed by atoms with van der Waals surface area (Å²) >= 11 is 0. The van der Waals surface area contributed by atoms with E-state index in [0.717, 1.165) is 30.4 Å². The molecule has 5 amide bonds. The van der Waals surface area contributed by atoms with Gasteiger partial charge in [0.2, 0.25) is 11.8 Å². The Balaban J connectivity index is 1.56. The highest BCUT2D eigenvalue weighted by Crippen LogP contribution is 2.28. The zero-order valence-electron chi connectivity index (χ0n) is 20.7. The molecule has 190 valence electrons. The molecular formula is C25H36N6O4. The van der Waals surface area contributed by atoms with Crippen LogP contribution in [-0.4, -0.2) is 66.6 Å². The van der Waals surface area contributed by atoms with Crippen LogP contribution in [0.3, 0.4) is 0 Å². The van der Waals surface area contributed by atoms with Gasteiger partial charge in [-0.3, -0.25) is 24.7 Å². The summed E-state index contributed by atoms with van der Waals surface area (Å²) in [6.07, 6.45) is 5.39. The maximum Gasteiger partial charge on any atom is 0.315 e. The zero-order chi connectivity index (χ0) is 25.4. The van der Waals surface area contributed by atoms with Crippen molar-refractivity contribution in [2.45, 2.75) is 77.2 Å². The van der Waals surface area contributed by atoms with E-state index >= 15 is 0 Å². The summed E-state index contributed by atoms with van der Waals surface area (Å²) in [4.78, 5) is 55.2. The normalized spacial score (nSPS) is 19.5. The number of nitrogens with zero attached hydrogens (tertiary/aromatic N) is 2. The van der Waals surface area contributed by atoms with Crippen molar-refractivity contribution in [2.75, 3.05) is 13.6 Å². The van der Waals surface area contributed by atoms with E-state index in [1.165, 1.54) is 4.90 Å². The van der Waals surface area contributed by atoms with E-state index in [1.54, 1.807) is 12.3 Å². The third-order valence-electron chi connectivity index (χ3n) is 6.36. The molecule has 10 nitrogen and oxygen atoms in total. The highest BCUT2D eigenvalue weighted by molar-refractivity contribution is 6.05. The minimum Gasteiger partial charge on any atom is -0.334 e. The van der Waals surface area contributed by atoms with Crippen molar-refractivity contribution < 1.29 is 19.2 Å². The lowest BCUT2D eigenvalue weighted by molar-refractivity contribution is -0.136. The standard InChI is InChI=1S/C25H36N6O4/c1-4-6-18(5-2)27-14-19(13-26-3)29-25(35)28-12-16-7-8-17-15-31(24(34)20(17)11-16)21-9-10-22(32)30-23(21)33/h7-8,11,14,18-19,21,26H,4-6,9-10,12-13,15H2,1-3H3,(H2,28,29,35)(H,30,32,33). The quantitative estimate of drug-likeness (QED) is 0.279. The second-order valence-electron chi connectivity index (χ2n) is 9.03. The first kappa shape index (κ1) is 26.3. The summed E-state index contributed by atoms with van der Waals surface area (Å²) in [5, 5.41) is 11.1. The van der Waals surface area contributed by atoms with Gasteiger partial charge >= 0.3 is 6.03 Å². The lowest BCUT2D eigenvalue weighted by Gasteiger charge is -2.29. The van der Waals surface area contributed by atoms with Crippen LogP contribution in [0.1, 0.15) is 67.4 Å². The van der Waals surface area contributed by atoms with Crippen LogP contribution in [0.2, 0.25) is 0 Å². The maximum absolute atomic E-state index is 13.0. The Hall–Kier alpha value is -3.27. The van der Waals surface area contributed by atoms with Crippen LogP contribution in [0.5, 0.6) is 0 Å². The number of carbonyl (C=O) groups excluding carboxylic acids is 4.